The summed E-state index contributed by atoms with van der Waals surface area (Å²) in [6.45, 7) is 0.177. The number of ether oxygens (including phenoxy) is 1. The predicted octanol–water partition coefficient (Wildman–Crippen LogP) is 3.07. The molecule has 0 atom stereocenters. The van der Waals surface area contributed by atoms with Gasteiger partial charge in [-0.15, -0.1) is 0 Å². The maximum atomic E-state index is 12.3. The van der Waals surface area contributed by atoms with E-state index in [0.29, 0.717) is 0 Å². The van der Waals surface area contributed by atoms with E-state index in [-0.39, 0.29) is 30.9 Å². The van der Waals surface area contributed by atoms with Crippen LogP contribution in [-0.4, -0.2) is 33.5 Å². The third kappa shape index (κ3) is 5.61. The molecule has 0 saturated heterocycles. The topological polar surface area (TPSA) is 110 Å². The summed E-state index contributed by atoms with van der Waals surface area (Å²) in [4.78, 5) is 34.5. The van der Waals surface area contributed by atoms with Crippen LogP contribution < -0.4 is 4.74 Å². The number of rotatable bonds is 7. The first-order valence-electron chi connectivity index (χ1n) is 7.42. The van der Waals surface area contributed by atoms with Crippen molar-refractivity contribution in [2.24, 2.45) is 0 Å². The maximum absolute atomic E-state index is 12.3. The second-order valence-electron chi connectivity index (χ2n) is 5.17. The van der Waals surface area contributed by atoms with E-state index in [1.54, 1.807) is 0 Å². The van der Waals surface area contributed by atoms with E-state index in [1.807, 2.05) is 30.3 Å². The molecule has 0 aliphatic heterocycles. The Hall–Kier alpha value is -3.42. The van der Waals surface area contributed by atoms with Gasteiger partial charge in [-0.25, -0.2) is 4.79 Å². The number of amides is 1. The number of non-ortho nitro benzene ring substituents is 1. The van der Waals surface area contributed by atoms with Crippen LogP contribution in [-0.2, 0) is 11.3 Å². The minimum absolute atomic E-state index is 0.0178. The highest BCUT2D eigenvalue weighted by Gasteiger charge is 2.18. The summed E-state index contributed by atoms with van der Waals surface area (Å²) in [7, 11) is 0. The van der Waals surface area contributed by atoms with E-state index in [4.69, 9.17) is 9.84 Å². The van der Waals surface area contributed by atoms with Gasteiger partial charge in [0.25, 0.3) is 5.69 Å². The molecule has 130 valence electrons. The fourth-order valence-electron chi connectivity index (χ4n) is 2.07. The molecule has 25 heavy (non-hydrogen) atoms. The molecule has 0 spiro atoms. The average molecular weight is 344 g/mol. The highest BCUT2D eigenvalue weighted by Crippen LogP contribution is 2.18. The summed E-state index contributed by atoms with van der Waals surface area (Å²) in [5, 5.41) is 19.5. The van der Waals surface area contributed by atoms with Gasteiger partial charge in [0, 0.05) is 25.2 Å². The van der Waals surface area contributed by atoms with Crippen LogP contribution in [0.1, 0.15) is 12.0 Å². The van der Waals surface area contributed by atoms with E-state index in [2.05, 4.69) is 0 Å². The van der Waals surface area contributed by atoms with Crippen LogP contribution in [0.5, 0.6) is 5.75 Å². The minimum Gasteiger partial charge on any atom is -0.481 e. The molecule has 2 aromatic carbocycles. The summed E-state index contributed by atoms with van der Waals surface area (Å²) < 4.78 is 5.19. The largest absolute Gasteiger partial charge is 0.481 e. The minimum atomic E-state index is -1.03. The number of aliphatic carboxylic acids is 1. The Morgan fingerprint density at radius 1 is 1.08 bits per heavy atom. The molecule has 0 radical (unpaired) electrons. The second-order valence-corrected chi connectivity index (χ2v) is 5.17. The predicted molar refractivity (Wildman–Crippen MR) is 88.2 cm³/mol. The van der Waals surface area contributed by atoms with Gasteiger partial charge in [0.05, 0.1) is 11.3 Å². The molecule has 0 unspecified atom stereocenters. The third-order valence-electron chi connectivity index (χ3n) is 3.32. The fraction of sp³-hybridized carbons (Fsp3) is 0.176. The Labute approximate surface area is 143 Å². The van der Waals surface area contributed by atoms with Crippen LogP contribution in [0.2, 0.25) is 0 Å². The van der Waals surface area contributed by atoms with Crippen molar-refractivity contribution in [3.63, 3.8) is 0 Å². The van der Waals surface area contributed by atoms with Gasteiger partial charge in [0.1, 0.15) is 5.75 Å². The van der Waals surface area contributed by atoms with Gasteiger partial charge < -0.3 is 14.7 Å². The molecular formula is C17H16N2O6. The molecule has 0 saturated carbocycles. The number of carbonyl (C=O) groups excluding carboxylic acids is 1. The lowest BCUT2D eigenvalue weighted by atomic mass is 10.2. The maximum Gasteiger partial charge on any atom is 0.415 e. The summed E-state index contributed by atoms with van der Waals surface area (Å²) in [6.07, 6.45) is -0.943. The first kappa shape index (κ1) is 17.9. The molecule has 0 aliphatic carbocycles. The van der Waals surface area contributed by atoms with Gasteiger partial charge in [0.15, 0.2) is 0 Å². The highest BCUT2D eigenvalue weighted by atomic mass is 16.6. The zero-order valence-electron chi connectivity index (χ0n) is 13.2. The van der Waals surface area contributed by atoms with Gasteiger partial charge in [0.2, 0.25) is 0 Å². The third-order valence-corrected chi connectivity index (χ3v) is 3.32. The smallest absolute Gasteiger partial charge is 0.415 e. The van der Waals surface area contributed by atoms with E-state index in [1.165, 1.54) is 29.2 Å². The number of nitro benzene ring substituents is 1. The van der Waals surface area contributed by atoms with Crippen LogP contribution in [0.15, 0.2) is 54.6 Å². The lowest BCUT2D eigenvalue weighted by Gasteiger charge is -2.21. The first-order valence-corrected chi connectivity index (χ1v) is 7.42. The second kappa shape index (κ2) is 8.44. The molecule has 2 rings (SSSR count). The van der Waals surface area contributed by atoms with E-state index >= 15 is 0 Å². The summed E-state index contributed by atoms with van der Waals surface area (Å²) in [5.74, 6) is -0.884. The van der Waals surface area contributed by atoms with Crippen molar-refractivity contribution in [2.45, 2.75) is 13.0 Å². The van der Waals surface area contributed by atoms with Crippen molar-refractivity contribution in [1.29, 1.82) is 0 Å². The van der Waals surface area contributed by atoms with Crippen LogP contribution >= 0.6 is 0 Å². The van der Waals surface area contributed by atoms with Crippen LogP contribution in [0.25, 0.3) is 0 Å². The number of carboxylic acid groups (broad SMARTS) is 1. The van der Waals surface area contributed by atoms with Crippen molar-refractivity contribution < 1.29 is 24.4 Å². The van der Waals surface area contributed by atoms with E-state index < -0.39 is 17.0 Å². The van der Waals surface area contributed by atoms with Crippen molar-refractivity contribution in [3.8, 4) is 5.75 Å². The Morgan fingerprint density at radius 2 is 1.72 bits per heavy atom. The summed E-state index contributed by atoms with van der Waals surface area (Å²) in [5.41, 5.74) is 0.709. The molecule has 8 nitrogen and oxygen atoms in total. The summed E-state index contributed by atoms with van der Waals surface area (Å²) >= 11 is 0. The first-order chi connectivity index (χ1) is 12.0. The van der Waals surface area contributed by atoms with Gasteiger partial charge in [-0.3, -0.25) is 14.9 Å². The molecule has 8 heteroatoms. The van der Waals surface area contributed by atoms with Crippen molar-refractivity contribution in [1.82, 2.24) is 4.90 Å². The van der Waals surface area contributed by atoms with Crippen LogP contribution in [0.4, 0.5) is 10.5 Å². The number of hydrogen-bond acceptors (Lipinski definition) is 5. The standard InChI is InChI=1S/C17H16N2O6/c20-16(21)10-11-18(12-13-4-2-1-3-5-13)17(22)25-15-8-6-14(7-9-15)19(23)24/h1-9H,10-12H2,(H,20,21). The van der Waals surface area contributed by atoms with Crippen molar-refractivity contribution >= 4 is 17.7 Å². The Kier molecular flexibility index (Phi) is 6.05. The summed E-state index contributed by atoms with van der Waals surface area (Å²) in [6, 6.07) is 14.2. The van der Waals surface area contributed by atoms with Crippen LogP contribution in [0.3, 0.4) is 0 Å². The van der Waals surface area contributed by atoms with Crippen LogP contribution in [0, 0.1) is 10.1 Å². The Bertz CT molecular complexity index is 745. The number of benzene rings is 2. The quantitative estimate of drug-likeness (QED) is 0.610. The highest BCUT2D eigenvalue weighted by molar-refractivity contribution is 5.72. The van der Waals surface area contributed by atoms with E-state index in [9.17, 15) is 19.7 Å². The fourth-order valence-corrected chi connectivity index (χ4v) is 2.07. The Morgan fingerprint density at radius 3 is 2.28 bits per heavy atom. The SMILES string of the molecule is O=C(O)CCN(Cc1ccccc1)C(=O)Oc1ccc([N+](=O)[O-])cc1. The number of nitrogens with zero attached hydrogens (tertiary/aromatic N) is 2. The Balaban J connectivity index is 2.07. The lowest BCUT2D eigenvalue weighted by Crippen LogP contribution is -2.34. The van der Waals surface area contributed by atoms with Gasteiger partial charge in [-0.05, 0) is 17.7 Å². The monoisotopic (exact) mass is 344 g/mol. The number of nitro groups is 1. The molecular weight excluding hydrogens is 328 g/mol. The average Bonchev–Trinajstić information content (AvgIpc) is 2.59. The zero-order valence-corrected chi connectivity index (χ0v) is 13.2. The van der Waals surface area contributed by atoms with Gasteiger partial charge >= 0.3 is 12.1 Å². The lowest BCUT2D eigenvalue weighted by molar-refractivity contribution is -0.384. The van der Waals surface area contributed by atoms with Gasteiger partial charge in [-0.2, -0.15) is 0 Å². The molecule has 0 heterocycles. The molecule has 0 aliphatic rings. The molecule has 1 amide bonds. The van der Waals surface area contributed by atoms with Crippen molar-refractivity contribution in [3.05, 3.63) is 70.3 Å². The number of carboxylic acids is 1. The number of hydrogen-bond donors (Lipinski definition) is 1. The van der Waals surface area contributed by atoms with E-state index in [0.717, 1.165) is 5.56 Å². The normalized spacial score (nSPS) is 10.1. The molecule has 0 fully saturated rings. The van der Waals surface area contributed by atoms with Gasteiger partial charge in [-0.1, -0.05) is 30.3 Å². The molecule has 1 N–H and O–H groups in total. The molecule has 0 aromatic heterocycles. The number of carbonyl (C=O) groups is 2. The van der Waals surface area contributed by atoms with Crippen molar-refractivity contribution in [2.75, 3.05) is 6.54 Å². The zero-order chi connectivity index (χ0) is 18.2. The molecule has 0 bridgehead atoms. The molecule has 2 aromatic rings.